The van der Waals surface area contributed by atoms with Gasteiger partial charge in [-0.15, -0.1) is 0 Å². The number of H-pyrrole nitrogens is 1. The third-order valence-electron chi connectivity index (χ3n) is 3.69. The molecule has 3 N–H and O–H groups in total. The fourth-order valence-electron chi connectivity index (χ4n) is 2.38. The second kappa shape index (κ2) is 6.72. The zero-order valence-corrected chi connectivity index (χ0v) is 15.0. The van der Waals surface area contributed by atoms with Crippen molar-refractivity contribution < 1.29 is 19.4 Å². The van der Waals surface area contributed by atoms with E-state index in [0.717, 1.165) is 15.7 Å². The van der Waals surface area contributed by atoms with Crippen LogP contribution in [0.2, 0.25) is 0 Å². The van der Waals surface area contributed by atoms with Crippen molar-refractivity contribution in [1.82, 2.24) is 14.9 Å². The van der Waals surface area contributed by atoms with E-state index in [9.17, 15) is 19.5 Å². The highest BCUT2D eigenvalue weighted by atomic mass is 16.6. The molecule has 1 amide bonds. The van der Waals surface area contributed by atoms with E-state index in [2.05, 4.69) is 10.3 Å². The van der Waals surface area contributed by atoms with Crippen molar-refractivity contribution >= 4 is 23.0 Å². The number of nitrogens with one attached hydrogen (secondary N) is 2. The van der Waals surface area contributed by atoms with Crippen molar-refractivity contribution in [3.8, 4) is 0 Å². The number of imidazole rings is 1. The highest BCUT2D eigenvalue weighted by Crippen LogP contribution is 2.17. The molecule has 0 bridgehead atoms. The smallest absolute Gasteiger partial charge is 0.408 e. The lowest BCUT2D eigenvalue weighted by Crippen LogP contribution is -2.49. The molecule has 1 heterocycles. The largest absolute Gasteiger partial charge is 0.444 e. The lowest BCUT2D eigenvalue weighted by Gasteiger charge is -2.22. The number of carbonyl (C=O) groups excluding carboxylic acids is 2. The number of ether oxygens (including phenoxy) is 1. The zero-order chi connectivity index (χ0) is 18.9. The zero-order valence-electron chi connectivity index (χ0n) is 15.0. The van der Waals surface area contributed by atoms with Crippen LogP contribution in [0.3, 0.4) is 0 Å². The first-order chi connectivity index (χ1) is 11.5. The molecule has 0 spiro atoms. The third kappa shape index (κ3) is 4.08. The maximum atomic E-state index is 12.7. The number of nitrogens with zero attached hydrogens (tertiary/aromatic N) is 1. The number of aromatic amines is 1. The molecule has 0 aliphatic heterocycles. The summed E-state index contributed by atoms with van der Waals surface area (Å²) in [4.78, 5) is 39.3. The van der Waals surface area contributed by atoms with E-state index in [0.29, 0.717) is 11.0 Å². The van der Waals surface area contributed by atoms with Crippen LogP contribution in [0.15, 0.2) is 16.9 Å². The van der Waals surface area contributed by atoms with Gasteiger partial charge in [-0.05, 0) is 57.9 Å². The molecule has 0 aliphatic carbocycles. The predicted octanol–water partition coefficient (Wildman–Crippen LogP) is 1.47. The van der Waals surface area contributed by atoms with E-state index in [4.69, 9.17) is 4.74 Å². The van der Waals surface area contributed by atoms with Crippen molar-refractivity contribution in [3.63, 3.8) is 0 Å². The Hall–Kier alpha value is -2.61. The number of hydrogen-bond acceptors (Lipinski definition) is 5. The maximum absolute atomic E-state index is 12.7. The lowest BCUT2D eigenvalue weighted by molar-refractivity contribution is 0.0455. The molecular formula is C17H23N3O5. The number of hydrogen-bond donors (Lipinski definition) is 3. The van der Waals surface area contributed by atoms with E-state index in [-0.39, 0.29) is 0 Å². The molecule has 1 atom stereocenters. The molecule has 136 valence electrons. The molecule has 0 saturated carbocycles. The van der Waals surface area contributed by atoms with Gasteiger partial charge in [0, 0.05) is 0 Å². The predicted molar refractivity (Wildman–Crippen MR) is 92.9 cm³/mol. The minimum atomic E-state index is -1.30. The highest BCUT2D eigenvalue weighted by Gasteiger charge is 2.27. The van der Waals surface area contributed by atoms with Gasteiger partial charge in [0.25, 0.3) is 5.91 Å². The Labute approximate surface area is 144 Å². The number of rotatable bonds is 3. The van der Waals surface area contributed by atoms with Gasteiger partial charge in [0.1, 0.15) is 11.6 Å². The maximum Gasteiger partial charge on any atom is 0.408 e. The fraction of sp³-hybridized carbons (Fsp3) is 0.471. The Morgan fingerprint density at radius 3 is 2.44 bits per heavy atom. The van der Waals surface area contributed by atoms with Crippen molar-refractivity contribution in [2.75, 3.05) is 6.61 Å². The second-order valence-electron chi connectivity index (χ2n) is 6.94. The molecule has 0 unspecified atom stereocenters. The van der Waals surface area contributed by atoms with Crippen LogP contribution in [0.5, 0.6) is 0 Å². The Morgan fingerprint density at radius 2 is 1.88 bits per heavy atom. The number of aliphatic hydroxyl groups is 1. The van der Waals surface area contributed by atoms with Gasteiger partial charge in [0.2, 0.25) is 0 Å². The van der Waals surface area contributed by atoms with Gasteiger partial charge < -0.3 is 20.1 Å². The number of carbonyl (C=O) groups is 2. The third-order valence-corrected chi connectivity index (χ3v) is 3.69. The molecule has 0 fully saturated rings. The summed E-state index contributed by atoms with van der Waals surface area (Å²) in [5, 5.41) is 11.8. The summed E-state index contributed by atoms with van der Waals surface area (Å²) in [7, 11) is 0. The monoisotopic (exact) mass is 349 g/mol. The Balaban J connectivity index is 2.36. The van der Waals surface area contributed by atoms with Gasteiger partial charge in [-0.3, -0.25) is 4.79 Å². The first-order valence-corrected chi connectivity index (χ1v) is 7.90. The number of alkyl carbamates (subject to hydrolysis) is 1. The number of aromatic nitrogens is 2. The van der Waals surface area contributed by atoms with Gasteiger partial charge in [0.05, 0.1) is 17.6 Å². The molecular weight excluding hydrogens is 326 g/mol. The van der Waals surface area contributed by atoms with Crippen LogP contribution in [0.25, 0.3) is 11.0 Å². The first-order valence-electron chi connectivity index (χ1n) is 7.90. The van der Waals surface area contributed by atoms with Gasteiger partial charge in [-0.25, -0.2) is 14.2 Å². The van der Waals surface area contributed by atoms with E-state index < -0.39 is 35.9 Å². The van der Waals surface area contributed by atoms with Crippen LogP contribution in [0.4, 0.5) is 4.79 Å². The van der Waals surface area contributed by atoms with Crippen LogP contribution >= 0.6 is 0 Å². The number of aryl methyl sites for hydroxylation is 2. The summed E-state index contributed by atoms with van der Waals surface area (Å²) in [5.74, 6) is -0.743. The van der Waals surface area contributed by atoms with Crippen LogP contribution in [-0.4, -0.2) is 44.9 Å². The van der Waals surface area contributed by atoms with Gasteiger partial charge in [0.15, 0.2) is 0 Å². The minimum absolute atomic E-state index is 0.391. The number of fused-ring (bicyclic) bond motifs is 1. The topological polar surface area (TPSA) is 113 Å². The van der Waals surface area contributed by atoms with Crippen molar-refractivity contribution in [2.24, 2.45) is 0 Å². The molecule has 1 aromatic heterocycles. The van der Waals surface area contributed by atoms with E-state index in [1.54, 1.807) is 32.9 Å². The SMILES string of the molecule is Cc1cc2[nH]c(=O)n(C(=O)[C@H](CO)NC(=O)OC(C)(C)C)c2cc1C. The van der Waals surface area contributed by atoms with Crippen molar-refractivity contribution in [1.29, 1.82) is 0 Å². The summed E-state index contributed by atoms with van der Waals surface area (Å²) in [6.07, 6.45) is -0.847. The number of amides is 1. The Morgan fingerprint density at radius 1 is 1.28 bits per heavy atom. The second-order valence-corrected chi connectivity index (χ2v) is 6.94. The Bertz CT molecular complexity index is 873. The molecule has 2 rings (SSSR count). The van der Waals surface area contributed by atoms with Crippen molar-refractivity contribution in [3.05, 3.63) is 33.7 Å². The van der Waals surface area contributed by atoms with Crippen LogP contribution in [0.1, 0.15) is 36.7 Å². The normalized spacial score (nSPS) is 12.9. The summed E-state index contributed by atoms with van der Waals surface area (Å²) < 4.78 is 6.00. The molecule has 1 aromatic carbocycles. The summed E-state index contributed by atoms with van der Waals surface area (Å²) in [5.41, 5.74) is 1.40. The molecule has 0 saturated heterocycles. The molecule has 25 heavy (non-hydrogen) atoms. The average Bonchev–Trinajstić information content (AvgIpc) is 2.78. The van der Waals surface area contributed by atoms with Gasteiger partial charge >= 0.3 is 11.8 Å². The standard InChI is InChI=1S/C17H23N3O5/c1-9-6-11-13(7-10(9)2)20(15(23)18-11)14(22)12(8-21)19-16(24)25-17(3,4)5/h6-7,12,21H,8H2,1-5H3,(H,18,23)(H,19,24)/t12-/m0/s1. The highest BCUT2D eigenvalue weighted by molar-refractivity contribution is 5.95. The van der Waals surface area contributed by atoms with E-state index in [1.165, 1.54) is 0 Å². The molecule has 8 heteroatoms. The van der Waals surface area contributed by atoms with Crippen molar-refractivity contribution in [2.45, 2.75) is 46.3 Å². The first kappa shape index (κ1) is 18.7. The molecule has 2 aromatic rings. The lowest BCUT2D eigenvalue weighted by atomic mass is 10.1. The van der Waals surface area contributed by atoms with Crippen LogP contribution in [-0.2, 0) is 4.74 Å². The fourth-order valence-corrected chi connectivity index (χ4v) is 2.38. The number of benzene rings is 1. The Kier molecular flexibility index (Phi) is 5.03. The summed E-state index contributed by atoms with van der Waals surface area (Å²) >= 11 is 0. The van der Waals surface area contributed by atoms with Crippen LogP contribution < -0.4 is 11.0 Å². The van der Waals surface area contributed by atoms with E-state index in [1.807, 2.05) is 13.8 Å². The summed E-state index contributed by atoms with van der Waals surface area (Å²) in [6, 6.07) is 2.18. The molecule has 0 radical (unpaired) electrons. The molecule has 0 aliphatic rings. The van der Waals surface area contributed by atoms with E-state index >= 15 is 0 Å². The minimum Gasteiger partial charge on any atom is -0.444 e. The summed E-state index contributed by atoms with van der Waals surface area (Å²) in [6.45, 7) is 8.13. The number of aliphatic hydroxyl groups excluding tert-OH is 1. The average molecular weight is 349 g/mol. The van der Waals surface area contributed by atoms with Crippen LogP contribution in [0, 0.1) is 13.8 Å². The molecule has 8 nitrogen and oxygen atoms in total. The van der Waals surface area contributed by atoms with Gasteiger partial charge in [-0.1, -0.05) is 0 Å². The quantitative estimate of drug-likeness (QED) is 0.776. The van der Waals surface area contributed by atoms with Gasteiger partial charge in [-0.2, -0.15) is 0 Å².